The minimum Gasteiger partial charge on any atom is -0.350 e. The number of hydrogen-bond donors (Lipinski definition) is 2. The Labute approximate surface area is 178 Å². The van der Waals surface area contributed by atoms with Crippen LogP contribution in [0, 0.1) is 5.92 Å². The molecule has 2 heterocycles. The average Bonchev–Trinajstić information content (AvgIpc) is 3.30. The second-order valence-corrected chi connectivity index (χ2v) is 8.10. The molecule has 0 unspecified atom stereocenters. The number of nitrogens with one attached hydrogen (secondary N) is 2. The summed E-state index contributed by atoms with van der Waals surface area (Å²) in [5, 5.41) is 13.3. The summed E-state index contributed by atoms with van der Waals surface area (Å²) in [5.41, 5.74) is -0.0595. The molecule has 3 rings (SSSR count). The number of aromatic nitrogens is 4. The summed E-state index contributed by atoms with van der Waals surface area (Å²) in [5.74, 6) is -0.509. The van der Waals surface area contributed by atoms with Gasteiger partial charge in [-0.05, 0) is 31.7 Å². The van der Waals surface area contributed by atoms with Gasteiger partial charge >= 0.3 is 6.18 Å². The fourth-order valence-electron chi connectivity index (χ4n) is 3.10. The first-order valence-corrected chi connectivity index (χ1v) is 10.4. The molecule has 0 spiro atoms. The van der Waals surface area contributed by atoms with E-state index in [0.717, 1.165) is 18.9 Å². The molecule has 11 heteroatoms. The number of alkyl halides is 3. The molecule has 2 aromatic heterocycles. The fourth-order valence-corrected chi connectivity index (χ4v) is 3.10. The van der Waals surface area contributed by atoms with E-state index in [1.54, 1.807) is 6.20 Å². The van der Waals surface area contributed by atoms with Crippen LogP contribution < -0.4 is 10.6 Å². The Hall–Kier alpha value is -2.85. The number of carbonyl (C=O) groups excluding carboxylic acids is 2. The molecule has 31 heavy (non-hydrogen) atoms. The number of amides is 2. The van der Waals surface area contributed by atoms with Crippen LogP contribution >= 0.6 is 0 Å². The van der Waals surface area contributed by atoms with Gasteiger partial charge in [0.25, 0.3) is 5.91 Å². The van der Waals surface area contributed by atoms with Crippen molar-refractivity contribution in [3.8, 4) is 0 Å². The lowest BCUT2D eigenvalue weighted by atomic mass is 10.2. The monoisotopic (exact) mass is 440 g/mol. The zero-order valence-corrected chi connectivity index (χ0v) is 17.8. The molecule has 0 aliphatic heterocycles. The molecule has 2 aromatic rings. The number of halogens is 3. The third-order valence-corrected chi connectivity index (χ3v) is 4.89. The normalized spacial score (nSPS) is 14.2. The van der Waals surface area contributed by atoms with E-state index >= 15 is 0 Å². The van der Waals surface area contributed by atoms with Gasteiger partial charge in [0.05, 0.1) is 5.69 Å². The Morgan fingerprint density at radius 1 is 1.26 bits per heavy atom. The predicted octanol–water partition coefficient (Wildman–Crippen LogP) is 3.41. The van der Waals surface area contributed by atoms with Gasteiger partial charge in [-0.1, -0.05) is 13.8 Å². The second kappa shape index (κ2) is 9.11. The maximum Gasteiger partial charge on any atom is 0.435 e. The third-order valence-electron chi connectivity index (χ3n) is 4.89. The first kappa shape index (κ1) is 22.8. The van der Waals surface area contributed by atoms with Crippen LogP contribution in [0.25, 0.3) is 0 Å². The molecule has 1 aliphatic rings. The molecule has 0 aromatic carbocycles. The standard InChI is InChI=1S/C20H27F3N6O2/c1-4-28-11-14(18(27-28)19(31)24-10-12(2)3)25-17(30)7-8-29-15(13-5-6-13)9-16(26-29)20(21,22)23/h9,11-13H,4-8,10H2,1-3H3,(H,24,31)(H,25,30). The molecule has 0 radical (unpaired) electrons. The van der Waals surface area contributed by atoms with E-state index in [1.165, 1.54) is 9.36 Å². The van der Waals surface area contributed by atoms with E-state index in [4.69, 9.17) is 0 Å². The first-order valence-electron chi connectivity index (χ1n) is 10.4. The van der Waals surface area contributed by atoms with E-state index in [9.17, 15) is 22.8 Å². The summed E-state index contributed by atoms with van der Waals surface area (Å²) in [4.78, 5) is 24.9. The van der Waals surface area contributed by atoms with Crippen molar-refractivity contribution in [1.82, 2.24) is 24.9 Å². The molecule has 1 saturated carbocycles. The zero-order valence-electron chi connectivity index (χ0n) is 17.8. The van der Waals surface area contributed by atoms with Crippen LogP contribution in [0.15, 0.2) is 12.3 Å². The maximum absolute atomic E-state index is 13.0. The lowest BCUT2D eigenvalue weighted by Crippen LogP contribution is -2.29. The summed E-state index contributed by atoms with van der Waals surface area (Å²) < 4.78 is 41.9. The molecular formula is C20H27F3N6O2. The van der Waals surface area contributed by atoms with Gasteiger partial charge in [0.15, 0.2) is 11.4 Å². The smallest absolute Gasteiger partial charge is 0.350 e. The highest BCUT2D eigenvalue weighted by Gasteiger charge is 2.37. The molecule has 1 fully saturated rings. The maximum atomic E-state index is 13.0. The minimum absolute atomic E-state index is 0.0184. The molecular weight excluding hydrogens is 413 g/mol. The lowest BCUT2D eigenvalue weighted by Gasteiger charge is -2.09. The van der Waals surface area contributed by atoms with Gasteiger partial charge in [0, 0.05) is 43.9 Å². The summed E-state index contributed by atoms with van der Waals surface area (Å²) in [6.45, 7) is 6.77. The van der Waals surface area contributed by atoms with Gasteiger partial charge in [-0.25, -0.2) is 0 Å². The Morgan fingerprint density at radius 3 is 2.55 bits per heavy atom. The van der Waals surface area contributed by atoms with Crippen molar-refractivity contribution >= 4 is 17.5 Å². The van der Waals surface area contributed by atoms with Crippen LogP contribution in [-0.4, -0.2) is 37.9 Å². The van der Waals surface area contributed by atoms with Gasteiger partial charge in [-0.2, -0.15) is 23.4 Å². The van der Waals surface area contributed by atoms with Crippen molar-refractivity contribution in [3.63, 3.8) is 0 Å². The molecule has 0 atom stereocenters. The van der Waals surface area contributed by atoms with Crippen molar-refractivity contribution < 1.29 is 22.8 Å². The minimum atomic E-state index is -4.52. The Kier molecular flexibility index (Phi) is 6.71. The molecule has 2 amide bonds. The number of anilines is 1. The van der Waals surface area contributed by atoms with Crippen LogP contribution in [0.2, 0.25) is 0 Å². The number of hydrogen-bond acceptors (Lipinski definition) is 4. The largest absolute Gasteiger partial charge is 0.435 e. The summed E-state index contributed by atoms with van der Waals surface area (Å²) in [6, 6.07) is 1.07. The third kappa shape index (κ3) is 5.86. The van der Waals surface area contributed by atoms with Gasteiger partial charge in [0.1, 0.15) is 0 Å². The van der Waals surface area contributed by atoms with Crippen molar-refractivity contribution in [2.75, 3.05) is 11.9 Å². The molecule has 8 nitrogen and oxygen atoms in total. The quantitative estimate of drug-likeness (QED) is 0.625. The highest BCUT2D eigenvalue weighted by molar-refractivity contribution is 6.02. The van der Waals surface area contributed by atoms with Crippen LogP contribution in [0.3, 0.4) is 0 Å². The first-order chi connectivity index (χ1) is 14.6. The van der Waals surface area contributed by atoms with E-state index in [0.29, 0.717) is 18.8 Å². The van der Waals surface area contributed by atoms with Crippen LogP contribution in [0.1, 0.15) is 67.8 Å². The highest BCUT2D eigenvalue weighted by atomic mass is 19.4. The van der Waals surface area contributed by atoms with Crippen LogP contribution in [0.5, 0.6) is 0 Å². The Balaban J connectivity index is 1.67. The summed E-state index contributed by atoms with van der Waals surface area (Å²) >= 11 is 0. The number of rotatable bonds is 9. The number of aryl methyl sites for hydroxylation is 2. The van der Waals surface area contributed by atoms with E-state index < -0.39 is 23.7 Å². The zero-order chi connectivity index (χ0) is 22.8. The molecule has 2 N–H and O–H groups in total. The van der Waals surface area contributed by atoms with Gasteiger partial charge in [0.2, 0.25) is 5.91 Å². The summed E-state index contributed by atoms with van der Waals surface area (Å²) in [6.07, 6.45) is -1.40. The van der Waals surface area contributed by atoms with Gasteiger partial charge in [-0.15, -0.1) is 0 Å². The Bertz CT molecular complexity index is 943. The van der Waals surface area contributed by atoms with E-state index in [-0.39, 0.29) is 36.2 Å². The van der Waals surface area contributed by atoms with Gasteiger partial charge < -0.3 is 10.6 Å². The molecule has 0 bridgehead atoms. The SMILES string of the molecule is CCn1cc(NC(=O)CCn2nc(C(F)(F)F)cc2C2CC2)c(C(=O)NCC(C)C)n1. The van der Waals surface area contributed by atoms with E-state index in [2.05, 4.69) is 20.8 Å². The topological polar surface area (TPSA) is 93.8 Å². The van der Waals surface area contributed by atoms with Crippen LogP contribution in [0.4, 0.5) is 18.9 Å². The van der Waals surface area contributed by atoms with Gasteiger partial charge in [-0.3, -0.25) is 19.0 Å². The van der Waals surface area contributed by atoms with Crippen molar-refractivity contribution in [3.05, 3.63) is 29.3 Å². The second-order valence-electron chi connectivity index (χ2n) is 8.10. The number of nitrogens with zero attached hydrogens (tertiary/aromatic N) is 4. The van der Waals surface area contributed by atoms with E-state index in [1.807, 2.05) is 20.8 Å². The average molecular weight is 440 g/mol. The Morgan fingerprint density at radius 2 is 1.97 bits per heavy atom. The van der Waals surface area contributed by atoms with Crippen molar-refractivity contribution in [2.24, 2.45) is 5.92 Å². The van der Waals surface area contributed by atoms with Crippen molar-refractivity contribution in [2.45, 2.75) is 65.2 Å². The summed E-state index contributed by atoms with van der Waals surface area (Å²) in [7, 11) is 0. The molecule has 1 aliphatic carbocycles. The number of carbonyl (C=O) groups is 2. The molecule has 170 valence electrons. The lowest BCUT2D eigenvalue weighted by molar-refractivity contribution is -0.141. The highest BCUT2D eigenvalue weighted by Crippen LogP contribution is 2.42. The molecule has 0 saturated heterocycles. The fraction of sp³-hybridized carbons (Fsp3) is 0.600. The predicted molar refractivity (Wildman–Crippen MR) is 108 cm³/mol. The van der Waals surface area contributed by atoms with Crippen molar-refractivity contribution in [1.29, 1.82) is 0 Å². The van der Waals surface area contributed by atoms with Crippen LogP contribution in [-0.2, 0) is 24.1 Å².